The lowest BCUT2D eigenvalue weighted by Gasteiger charge is -2.29. The fraction of sp³-hybridized carbons (Fsp3) is 0.429. The summed E-state index contributed by atoms with van der Waals surface area (Å²) >= 11 is 0. The molecule has 1 atom stereocenters. The summed E-state index contributed by atoms with van der Waals surface area (Å²) in [6.07, 6.45) is 5.76. The number of fused-ring (bicyclic) bond motifs is 1. The Hall–Kier alpha value is -2.96. The summed E-state index contributed by atoms with van der Waals surface area (Å²) < 4.78 is 0. The number of nitrogens with zero attached hydrogens (tertiary/aromatic N) is 5. The molecule has 28 heavy (non-hydrogen) atoms. The fourth-order valence-corrected chi connectivity index (χ4v) is 3.86. The molecule has 7 heteroatoms. The van der Waals surface area contributed by atoms with E-state index in [1.807, 2.05) is 40.1 Å². The molecule has 1 unspecified atom stereocenters. The number of amides is 2. The van der Waals surface area contributed by atoms with Crippen molar-refractivity contribution in [3.05, 3.63) is 36.5 Å². The first-order valence-corrected chi connectivity index (χ1v) is 9.97. The molecular formula is C21H25N5O2. The highest BCUT2D eigenvalue weighted by atomic mass is 16.2. The summed E-state index contributed by atoms with van der Waals surface area (Å²) in [5.41, 5.74) is 1.53. The van der Waals surface area contributed by atoms with E-state index in [1.54, 1.807) is 11.1 Å². The monoisotopic (exact) mass is 379 g/mol. The van der Waals surface area contributed by atoms with Crippen LogP contribution in [-0.2, 0) is 4.79 Å². The van der Waals surface area contributed by atoms with E-state index < -0.39 is 6.17 Å². The van der Waals surface area contributed by atoms with Gasteiger partial charge in [-0.2, -0.15) is 0 Å². The van der Waals surface area contributed by atoms with Crippen LogP contribution in [0.25, 0.3) is 11.4 Å². The minimum Gasteiger partial charge on any atom is -0.328 e. The van der Waals surface area contributed by atoms with E-state index in [2.05, 4.69) is 11.9 Å². The number of likely N-dealkylation sites (tertiary alicyclic amines) is 1. The number of benzene rings is 1. The van der Waals surface area contributed by atoms with Crippen LogP contribution in [0.4, 0.5) is 16.3 Å². The molecule has 2 amide bonds. The Morgan fingerprint density at radius 3 is 2.64 bits per heavy atom. The first-order valence-electron chi connectivity index (χ1n) is 9.97. The highest BCUT2D eigenvalue weighted by Gasteiger charge is 2.42. The average Bonchev–Trinajstić information content (AvgIpc) is 3.38. The van der Waals surface area contributed by atoms with Crippen molar-refractivity contribution in [1.82, 2.24) is 14.9 Å². The number of anilines is 2. The van der Waals surface area contributed by atoms with Gasteiger partial charge in [0.2, 0.25) is 0 Å². The number of carbonyl (C=O) groups is 2. The molecule has 2 aromatic rings. The number of carbonyl (C=O) groups excluding carboxylic acids is 2. The Morgan fingerprint density at radius 2 is 1.96 bits per heavy atom. The van der Waals surface area contributed by atoms with Gasteiger partial charge >= 0.3 is 6.03 Å². The molecule has 3 heterocycles. The lowest BCUT2D eigenvalue weighted by atomic mass is 10.2. The van der Waals surface area contributed by atoms with Gasteiger partial charge in [0.1, 0.15) is 5.69 Å². The van der Waals surface area contributed by atoms with Gasteiger partial charge in [0.15, 0.2) is 24.1 Å². The van der Waals surface area contributed by atoms with E-state index in [-0.39, 0.29) is 6.03 Å². The maximum absolute atomic E-state index is 13.2. The number of unbranched alkanes of at least 4 members (excludes halogenated alkanes) is 1. The zero-order valence-electron chi connectivity index (χ0n) is 16.1. The molecule has 4 rings (SSSR count). The molecular weight excluding hydrogens is 354 g/mol. The van der Waals surface area contributed by atoms with Crippen LogP contribution in [0.15, 0.2) is 36.5 Å². The van der Waals surface area contributed by atoms with E-state index >= 15 is 0 Å². The van der Waals surface area contributed by atoms with Crippen LogP contribution >= 0.6 is 0 Å². The molecule has 1 aromatic heterocycles. The normalized spacial score (nSPS) is 18.5. The molecule has 1 saturated heterocycles. The van der Waals surface area contributed by atoms with Gasteiger partial charge in [-0.25, -0.2) is 14.8 Å². The van der Waals surface area contributed by atoms with Gasteiger partial charge in [0.05, 0.1) is 6.20 Å². The van der Waals surface area contributed by atoms with E-state index in [0.717, 1.165) is 50.6 Å². The Labute approximate surface area is 165 Å². The van der Waals surface area contributed by atoms with Gasteiger partial charge in [0.25, 0.3) is 0 Å². The van der Waals surface area contributed by atoms with Crippen molar-refractivity contribution in [3.63, 3.8) is 0 Å². The SMILES string of the molecule is CCCCN1c2nc(-c3ccccc3)ncc2N(C(=O)N2CCCC2)C1C=O. The molecule has 0 spiro atoms. The van der Waals surface area contributed by atoms with Gasteiger partial charge < -0.3 is 9.80 Å². The molecule has 0 saturated carbocycles. The van der Waals surface area contributed by atoms with E-state index in [4.69, 9.17) is 4.98 Å². The third kappa shape index (κ3) is 3.21. The quantitative estimate of drug-likeness (QED) is 0.746. The zero-order valence-corrected chi connectivity index (χ0v) is 16.1. The summed E-state index contributed by atoms with van der Waals surface area (Å²) in [6.45, 7) is 4.24. The molecule has 0 bridgehead atoms. The van der Waals surface area contributed by atoms with Crippen molar-refractivity contribution in [2.45, 2.75) is 38.8 Å². The predicted octanol–water partition coefficient (Wildman–Crippen LogP) is 3.31. The Bertz CT molecular complexity index is 851. The second kappa shape index (κ2) is 7.96. The van der Waals surface area contributed by atoms with Crippen LogP contribution in [0.3, 0.4) is 0 Å². The molecule has 2 aliphatic rings. The van der Waals surface area contributed by atoms with E-state index in [1.165, 1.54) is 0 Å². The third-order valence-corrected chi connectivity index (χ3v) is 5.35. The summed E-state index contributed by atoms with van der Waals surface area (Å²) in [5.74, 6) is 1.26. The Morgan fingerprint density at radius 1 is 1.21 bits per heavy atom. The van der Waals surface area contributed by atoms with Crippen LogP contribution in [0.1, 0.15) is 32.6 Å². The van der Waals surface area contributed by atoms with Gasteiger partial charge in [-0.3, -0.25) is 9.69 Å². The Kier molecular flexibility index (Phi) is 5.23. The lowest BCUT2D eigenvalue weighted by molar-refractivity contribution is -0.108. The second-order valence-electron chi connectivity index (χ2n) is 7.21. The number of hydrogen-bond acceptors (Lipinski definition) is 5. The third-order valence-electron chi connectivity index (χ3n) is 5.35. The maximum Gasteiger partial charge on any atom is 0.326 e. The standard InChI is InChI=1S/C21H25N5O2/c1-2-3-13-25-18(15-27)26(21(28)24-11-7-8-12-24)17-14-22-19(23-20(17)25)16-9-5-4-6-10-16/h4-6,9-10,14-15,18H,2-3,7-8,11-13H2,1H3. The van der Waals surface area contributed by atoms with Crippen molar-refractivity contribution in [2.75, 3.05) is 29.4 Å². The topological polar surface area (TPSA) is 69.6 Å². The minimum absolute atomic E-state index is 0.133. The van der Waals surface area contributed by atoms with Crippen molar-refractivity contribution >= 4 is 23.8 Å². The fourth-order valence-electron chi connectivity index (χ4n) is 3.86. The highest BCUT2D eigenvalue weighted by molar-refractivity contribution is 6.03. The van der Waals surface area contributed by atoms with Crippen molar-refractivity contribution in [2.24, 2.45) is 0 Å². The van der Waals surface area contributed by atoms with Gasteiger partial charge in [-0.05, 0) is 19.3 Å². The lowest BCUT2D eigenvalue weighted by Crippen LogP contribution is -2.52. The summed E-state index contributed by atoms with van der Waals surface area (Å²) in [6, 6.07) is 9.61. The Balaban J connectivity index is 1.75. The van der Waals surface area contributed by atoms with Crippen molar-refractivity contribution in [3.8, 4) is 11.4 Å². The van der Waals surface area contributed by atoms with E-state index in [0.29, 0.717) is 23.9 Å². The van der Waals surface area contributed by atoms with Crippen LogP contribution in [0.2, 0.25) is 0 Å². The van der Waals surface area contributed by atoms with E-state index in [9.17, 15) is 9.59 Å². The largest absolute Gasteiger partial charge is 0.328 e. The minimum atomic E-state index is -0.671. The summed E-state index contributed by atoms with van der Waals surface area (Å²) in [7, 11) is 0. The predicted molar refractivity (Wildman–Crippen MR) is 108 cm³/mol. The zero-order chi connectivity index (χ0) is 19.5. The molecule has 1 fully saturated rings. The van der Waals surface area contributed by atoms with Gasteiger partial charge in [-0.1, -0.05) is 43.7 Å². The summed E-state index contributed by atoms with van der Waals surface area (Å²) in [4.78, 5) is 39.8. The van der Waals surface area contributed by atoms with Crippen LogP contribution in [0, 0.1) is 0 Å². The molecule has 0 radical (unpaired) electrons. The van der Waals surface area contributed by atoms with Gasteiger partial charge in [-0.15, -0.1) is 0 Å². The van der Waals surface area contributed by atoms with Crippen molar-refractivity contribution < 1.29 is 9.59 Å². The van der Waals surface area contributed by atoms with Crippen molar-refractivity contribution in [1.29, 1.82) is 0 Å². The molecule has 146 valence electrons. The molecule has 0 N–H and O–H groups in total. The number of hydrogen-bond donors (Lipinski definition) is 0. The first-order chi connectivity index (χ1) is 13.7. The van der Waals surface area contributed by atoms with Gasteiger partial charge in [0, 0.05) is 25.2 Å². The van der Waals surface area contributed by atoms with Crippen LogP contribution in [0.5, 0.6) is 0 Å². The number of aldehydes is 1. The van der Waals surface area contributed by atoms with Crippen LogP contribution < -0.4 is 9.80 Å². The highest BCUT2D eigenvalue weighted by Crippen LogP contribution is 2.39. The number of urea groups is 1. The molecule has 7 nitrogen and oxygen atoms in total. The maximum atomic E-state index is 13.2. The molecule has 2 aliphatic heterocycles. The molecule has 0 aliphatic carbocycles. The molecule has 1 aromatic carbocycles. The summed E-state index contributed by atoms with van der Waals surface area (Å²) in [5, 5.41) is 0. The smallest absolute Gasteiger partial charge is 0.326 e. The first kappa shape index (κ1) is 18.4. The number of aromatic nitrogens is 2. The second-order valence-corrected chi connectivity index (χ2v) is 7.21. The number of rotatable bonds is 5. The van der Waals surface area contributed by atoms with Crippen LogP contribution in [-0.4, -0.2) is 53.0 Å². The average molecular weight is 379 g/mol.